The summed E-state index contributed by atoms with van der Waals surface area (Å²) in [6, 6.07) is 44.2. The topological polar surface area (TPSA) is 6.48 Å². The van der Waals surface area contributed by atoms with Gasteiger partial charge in [-0.25, -0.2) is 0 Å². The molecule has 0 radical (unpaired) electrons. The molecule has 4 aliphatic rings. The lowest BCUT2D eigenvalue weighted by molar-refractivity contribution is 0.332. The molecule has 6 aromatic carbocycles. The normalized spacial score (nSPS) is 20.9. The number of thiophene rings is 1. The first-order valence-corrected chi connectivity index (χ1v) is 29.2. The van der Waals surface area contributed by atoms with Crippen molar-refractivity contribution in [1.29, 1.82) is 0 Å². The Kier molecular flexibility index (Phi) is 11.7. The Morgan fingerprint density at radius 2 is 0.716 bits per heavy atom. The molecule has 386 valence electrons. The number of nitrogens with zero attached hydrogens (tertiary/aromatic N) is 2. The first-order chi connectivity index (χ1) is 34.5. The van der Waals surface area contributed by atoms with E-state index in [1.807, 2.05) is 11.3 Å². The number of aryl methyl sites for hydroxylation is 1. The number of benzene rings is 6. The summed E-state index contributed by atoms with van der Waals surface area (Å²) in [4.78, 5) is 5.31. The van der Waals surface area contributed by atoms with Crippen LogP contribution in [0.4, 0.5) is 34.1 Å². The van der Waals surface area contributed by atoms with Crippen molar-refractivity contribution in [2.45, 2.75) is 212 Å². The van der Waals surface area contributed by atoms with Gasteiger partial charge in [-0.05, 0) is 224 Å². The van der Waals surface area contributed by atoms with E-state index in [4.69, 9.17) is 0 Å². The highest BCUT2D eigenvalue weighted by Crippen LogP contribution is 2.56. The van der Waals surface area contributed by atoms with E-state index in [-0.39, 0.29) is 43.3 Å². The van der Waals surface area contributed by atoms with Crippen LogP contribution in [0.2, 0.25) is 0 Å². The van der Waals surface area contributed by atoms with Crippen LogP contribution >= 0.6 is 11.3 Å². The molecule has 0 N–H and O–H groups in total. The third kappa shape index (κ3) is 8.40. The molecular weight excluding hydrogens is 913 g/mol. The second kappa shape index (κ2) is 16.9. The molecule has 0 aliphatic heterocycles. The molecule has 1 aromatic heterocycles. The molecular formula is C71H86N2S. The van der Waals surface area contributed by atoms with E-state index in [1.54, 1.807) is 0 Å². The SMILES string of the molecule is Cc1cc(N(c2ccc3c(c2)C(C)(C)CCC3(C)C)c2cc3c(cc2-c2ccccc2)C(C)(C)CCC3(C)C)cc(N(c2ccc3c(c2)C(C)(C)CCC3(C)C)c2csc3cc4c(cc23)C(C)(C)CCC4(C)C)c1. The van der Waals surface area contributed by atoms with Crippen molar-refractivity contribution in [3.05, 3.63) is 165 Å². The number of fused-ring (bicyclic) bond motifs is 5. The number of hydrogen-bond donors (Lipinski definition) is 0. The number of anilines is 6. The van der Waals surface area contributed by atoms with Gasteiger partial charge in [-0.1, -0.05) is 153 Å². The number of rotatable bonds is 7. The third-order valence-electron chi connectivity index (χ3n) is 19.8. The van der Waals surface area contributed by atoms with Crippen LogP contribution in [-0.4, -0.2) is 0 Å². The van der Waals surface area contributed by atoms with Crippen molar-refractivity contribution in [2.75, 3.05) is 9.80 Å². The van der Waals surface area contributed by atoms with Gasteiger partial charge in [-0.3, -0.25) is 0 Å². The van der Waals surface area contributed by atoms with E-state index in [0.717, 1.165) is 6.42 Å². The zero-order valence-corrected chi connectivity index (χ0v) is 49.2. The minimum Gasteiger partial charge on any atom is -0.310 e. The summed E-state index contributed by atoms with van der Waals surface area (Å²) < 4.78 is 1.37. The van der Waals surface area contributed by atoms with Gasteiger partial charge in [0.15, 0.2) is 0 Å². The highest BCUT2D eigenvalue weighted by molar-refractivity contribution is 7.17. The Hall–Kier alpha value is -5.12. The molecule has 0 spiro atoms. The molecule has 0 bridgehead atoms. The molecule has 0 saturated heterocycles. The van der Waals surface area contributed by atoms with Crippen molar-refractivity contribution in [3.8, 4) is 11.1 Å². The van der Waals surface area contributed by atoms with E-state index in [1.165, 1.54) is 150 Å². The van der Waals surface area contributed by atoms with Gasteiger partial charge in [0, 0.05) is 43.8 Å². The van der Waals surface area contributed by atoms with Crippen molar-refractivity contribution in [1.82, 2.24) is 0 Å². The Balaban J connectivity index is 1.21. The summed E-state index contributed by atoms with van der Waals surface area (Å²) in [6.07, 6.45) is 9.44. The quantitative estimate of drug-likeness (QED) is 0.157. The van der Waals surface area contributed by atoms with Gasteiger partial charge < -0.3 is 9.80 Å². The molecule has 2 nitrogen and oxygen atoms in total. The molecule has 0 saturated carbocycles. The van der Waals surface area contributed by atoms with Crippen LogP contribution in [0, 0.1) is 6.92 Å². The van der Waals surface area contributed by atoms with Gasteiger partial charge in [0.1, 0.15) is 0 Å². The average Bonchev–Trinajstić information content (AvgIpc) is 3.75. The molecule has 0 amide bonds. The van der Waals surface area contributed by atoms with Crippen LogP contribution in [0.5, 0.6) is 0 Å². The maximum Gasteiger partial charge on any atom is 0.0647 e. The highest BCUT2D eigenvalue weighted by Gasteiger charge is 2.43. The largest absolute Gasteiger partial charge is 0.310 e. The van der Waals surface area contributed by atoms with E-state index in [9.17, 15) is 0 Å². The molecule has 74 heavy (non-hydrogen) atoms. The zero-order chi connectivity index (χ0) is 52.9. The van der Waals surface area contributed by atoms with Crippen LogP contribution in [0.15, 0.2) is 115 Å². The van der Waals surface area contributed by atoms with Crippen LogP contribution < -0.4 is 9.80 Å². The molecule has 7 aromatic rings. The molecule has 11 rings (SSSR count). The Morgan fingerprint density at radius 1 is 0.338 bits per heavy atom. The smallest absolute Gasteiger partial charge is 0.0647 e. The van der Waals surface area contributed by atoms with Crippen LogP contribution in [0.3, 0.4) is 0 Å². The molecule has 1 heterocycles. The molecule has 0 fully saturated rings. The Morgan fingerprint density at radius 3 is 1.18 bits per heavy atom. The highest BCUT2D eigenvalue weighted by atomic mass is 32.1. The van der Waals surface area contributed by atoms with Gasteiger partial charge in [0.2, 0.25) is 0 Å². The van der Waals surface area contributed by atoms with Gasteiger partial charge in [0.05, 0.1) is 11.4 Å². The summed E-state index contributed by atoms with van der Waals surface area (Å²) in [5, 5.41) is 3.82. The summed E-state index contributed by atoms with van der Waals surface area (Å²) in [5.74, 6) is 0. The molecule has 3 heteroatoms. The monoisotopic (exact) mass is 999 g/mol. The fourth-order valence-corrected chi connectivity index (χ4v) is 15.1. The zero-order valence-electron chi connectivity index (χ0n) is 48.4. The van der Waals surface area contributed by atoms with Gasteiger partial charge in [-0.2, -0.15) is 0 Å². The van der Waals surface area contributed by atoms with E-state index >= 15 is 0 Å². The summed E-state index contributed by atoms with van der Waals surface area (Å²) >= 11 is 1.91. The Labute approximate surface area is 451 Å². The Bertz CT molecular complexity index is 3360. The molecule has 4 aliphatic carbocycles. The van der Waals surface area contributed by atoms with Crippen molar-refractivity contribution in [2.24, 2.45) is 0 Å². The second-order valence-corrected chi connectivity index (χ2v) is 29.9. The van der Waals surface area contributed by atoms with Crippen molar-refractivity contribution in [3.63, 3.8) is 0 Å². The maximum atomic E-state index is 2.66. The summed E-state index contributed by atoms with van der Waals surface area (Å²) in [5.41, 5.74) is 23.7. The lowest BCUT2D eigenvalue weighted by Crippen LogP contribution is -2.34. The van der Waals surface area contributed by atoms with Crippen LogP contribution in [0.25, 0.3) is 21.2 Å². The lowest BCUT2D eigenvalue weighted by Gasteiger charge is -2.44. The van der Waals surface area contributed by atoms with Gasteiger partial charge >= 0.3 is 0 Å². The second-order valence-electron chi connectivity index (χ2n) is 29.0. The fraction of sp³-hybridized carbons (Fsp3) is 0.465. The summed E-state index contributed by atoms with van der Waals surface area (Å²) in [6.45, 7) is 41.8. The molecule has 0 atom stereocenters. The number of hydrogen-bond acceptors (Lipinski definition) is 3. The lowest BCUT2D eigenvalue weighted by atomic mass is 9.62. The van der Waals surface area contributed by atoms with Gasteiger partial charge in [0.25, 0.3) is 0 Å². The van der Waals surface area contributed by atoms with E-state index in [0.29, 0.717) is 0 Å². The predicted molar refractivity (Wildman–Crippen MR) is 323 cm³/mol. The van der Waals surface area contributed by atoms with Gasteiger partial charge in [-0.15, -0.1) is 11.3 Å². The van der Waals surface area contributed by atoms with Crippen molar-refractivity contribution >= 4 is 55.5 Å². The first-order valence-electron chi connectivity index (χ1n) is 28.3. The summed E-state index contributed by atoms with van der Waals surface area (Å²) in [7, 11) is 0. The van der Waals surface area contributed by atoms with Crippen LogP contribution in [0.1, 0.15) is 212 Å². The average molecular weight is 1000 g/mol. The van der Waals surface area contributed by atoms with Crippen LogP contribution in [-0.2, 0) is 43.3 Å². The third-order valence-corrected chi connectivity index (χ3v) is 20.7. The molecule has 0 unspecified atom stereocenters. The first kappa shape index (κ1) is 51.0. The standard InChI is InChI=1S/C71H86N2S/c1-45-35-49(72(47-23-25-53-55(38-47)66(6,7)29-27-64(53,2)3)61-42-59-57(68(10,11)31-33-70(59,14)15)40-51(61)46-21-19-18-20-22-46)37-50(36-45)73(48-24-26-54-56(39-48)67(8,9)30-28-65(54,4)5)62-44-74-63-43-60-58(41-52(62)63)69(12,13)32-34-71(60,16)17/h18-26,35-44H,27-34H2,1-17H3. The fourth-order valence-electron chi connectivity index (χ4n) is 14.2. The van der Waals surface area contributed by atoms with E-state index in [2.05, 4.69) is 242 Å². The maximum absolute atomic E-state index is 2.66. The minimum absolute atomic E-state index is 0.0225. The minimum atomic E-state index is 0.0225. The predicted octanol–water partition coefficient (Wildman–Crippen LogP) is 21.2. The van der Waals surface area contributed by atoms with Crippen molar-refractivity contribution < 1.29 is 0 Å². The van der Waals surface area contributed by atoms with E-state index < -0.39 is 0 Å².